The fraction of sp³-hybridized carbons (Fsp3) is 0.188. The third-order valence-corrected chi connectivity index (χ3v) is 3.10. The lowest BCUT2D eigenvalue weighted by Crippen LogP contribution is -2.04. The zero-order valence-corrected chi connectivity index (χ0v) is 13.1. The van der Waals surface area contributed by atoms with Gasteiger partial charge in [-0.1, -0.05) is 0 Å². The number of nitro groups is 1. The average Bonchev–Trinajstić information content (AvgIpc) is 2.56. The smallest absolute Gasteiger partial charge is 0.416 e. The lowest BCUT2D eigenvalue weighted by atomic mass is 10.2. The normalized spacial score (nSPS) is 11.5. The van der Waals surface area contributed by atoms with Gasteiger partial charge in [-0.05, 0) is 43.3 Å². The molecule has 25 heavy (non-hydrogen) atoms. The highest BCUT2D eigenvalue weighted by Gasteiger charge is 2.29. The van der Waals surface area contributed by atoms with Crippen molar-refractivity contribution in [3.8, 4) is 5.75 Å². The van der Waals surface area contributed by atoms with Crippen LogP contribution in [0.5, 0.6) is 5.75 Å². The fourth-order valence-electron chi connectivity index (χ4n) is 1.95. The Morgan fingerprint density at radius 3 is 2.48 bits per heavy atom. The Bertz CT molecular complexity index is 774. The molecule has 132 valence electrons. The van der Waals surface area contributed by atoms with Crippen molar-refractivity contribution in [2.75, 3.05) is 12.0 Å². The predicted molar refractivity (Wildman–Crippen MR) is 86.9 cm³/mol. The molecule has 0 heterocycles. The number of hydrazone groups is 1. The molecule has 0 aliphatic heterocycles. The first-order chi connectivity index (χ1) is 11.8. The van der Waals surface area contributed by atoms with Gasteiger partial charge in [0.05, 0.1) is 29.0 Å². The number of nitrogens with one attached hydrogen (secondary N) is 1. The number of benzene rings is 2. The molecule has 0 atom stereocenters. The van der Waals surface area contributed by atoms with Crippen LogP contribution in [0.15, 0.2) is 47.6 Å². The second-order valence-corrected chi connectivity index (χ2v) is 4.86. The van der Waals surface area contributed by atoms with Crippen LogP contribution >= 0.6 is 0 Å². The van der Waals surface area contributed by atoms with E-state index in [1.165, 1.54) is 30.5 Å². The lowest BCUT2D eigenvalue weighted by molar-refractivity contribution is -0.385. The van der Waals surface area contributed by atoms with Gasteiger partial charge < -0.3 is 4.74 Å². The van der Waals surface area contributed by atoms with Crippen LogP contribution in [0.2, 0.25) is 0 Å². The SMILES string of the molecule is CCOc1ccc(C=NNc2ccc(C(F)(F)F)cc2)cc1[N+](=O)[O-]. The van der Waals surface area contributed by atoms with Crippen LogP contribution in [0.1, 0.15) is 18.1 Å². The molecule has 9 heteroatoms. The highest BCUT2D eigenvalue weighted by molar-refractivity contribution is 5.82. The first kappa shape index (κ1) is 18.2. The molecule has 2 rings (SSSR count). The maximum absolute atomic E-state index is 12.5. The number of halogens is 3. The Hall–Kier alpha value is -3.10. The number of alkyl halides is 3. The molecule has 0 fully saturated rings. The van der Waals surface area contributed by atoms with Crippen molar-refractivity contribution >= 4 is 17.6 Å². The van der Waals surface area contributed by atoms with Gasteiger partial charge in [-0.15, -0.1) is 0 Å². The second-order valence-electron chi connectivity index (χ2n) is 4.86. The van der Waals surface area contributed by atoms with Gasteiger partial charge in [0.1, 0.15) is 0 Å². The largest absolute Gasteiger partial charge is 0.487 e. The van der Waals surface area contributed by atoms with Gasteiger partial charge in [0, 0.05) is 11.6 Å². The number of ether oxygens (including phenoxy) is 1. The van der Waals surface area contributed by atoms with Gasteiger partial charge in [0.25, 0.3) is 0 Å². The minimum absolute atomic E-state index is 0.153. The van der Waals surface area contributed by atoms with Gasteiger partial charge in [0.15, 0.2) is 5.75 Å². The lowest BCUT2D eigenvalue weighted by Gasteiger charge is -2.07. The van der Waals surface area contributed by atoms with E-state index in [9.17, 15) is 23.3 Å². The minimum atomic E-state index is -4.40. The highest BCUT2D eigenvalue weighted by Crippen LogP contribution is 2.30. The van der Waals surface area contributed by atoms with E-state index >= 15 is 0 Å². The quantitative estimate of drug-likeness (QED) is 0.473. The highest BCUT2D eigenvalue weighted by atomic mass is 19.4. The summed E-state index contributed by atoms with van der Waals surface area (Å²) in [6.45, 7) is 2.01. The summed E-state index contributed by atoms with van der Waals surface area (Å²) >= 11 is 0. The molecular weight excluding hydrogens is 339 g/mol. The van der Waals surface area contributed by atoms with Gasteiger partial charge >= 0.3 is 11.9 Å². The van der Waals surface area contributed by atoms with Crippen LogP contribution < -0.4 is 10.2 Å². The van der Waals surface area contributed by atoms with Crippen LogP contribution in [0.4, 0.5) is 24.5 Å². The van der Waals surface area contributed by atoms with E-state index in [0.717, 1.165) is 12.1 Å². The topological polar surface area (TPSA) is 76.8 Å². The summed E-state index contributed by atoms with van der Waals surface area (Å²) in [4.78, 5) is 10.5. The van der Waals surface area contributed by atoms with Gasteiger partial charge in [-0.2, -0.15) is 18.3 Å². The Kier molecular flexibility index (Phi) is 5.58. The summed E-state index contributed by atoms with van der Waals surface area (Å²) in [5, 5.41) is 14.9. The zero-order chi connectivity index (χ0) is 18.4. The molecule has 0 saturated heterocycles. The zero-order valence-electron chi connectivity index (χ0n) is 13.1. The molecule has 0 saturated carbocycles. The van der Waals surface area contributed by atoms with Crippen molar-refractivity contribution in [1.82, 2.24) is 0 Å². The number of nitro benzene ring substituents is 1. The molecule has 0 amide bonds. The molecule has 2 aromatic rings. The molecule has 1 N–H and O–H groups in total. The van der Waals surface area contributed by atoms with E-state index in [-0.39, 0.29) is 11.4 Å². The Morgan fingerprint density at radius 1 is 1.24 bits per heavy atom. The van der Waals surface area contributed by atoms with Crippen molar-refractivity contribution in [2.24, 2.45) is 5.10 Å². The molecule has 0 spiro atoms. The monoisotopic (exact) mass is 353 g/mol. The van der Waals surface area contributed by atoms with Gasteiger partial charge in [-0.25, -0.2) is 0 Å². The molecule has 0 radical (unpaired) electrons. The van der Waals surface area contributed by atoms with Crippen LogP contribution in [-0.2, 0) is 6.18 Å². The third-order valence-electron chi connectivity index (χ3n) is 3.10. The second kappa shape index (κ2) is 7.65. The number of anilines is 1. The summed E-state index contributed by atoms with van der Waals surface area (Å²) < 4.78 is 42.6. The average molecular weight is 353 g/mol. The number of hydrogen-bond donors (Lipinski definition) is 1. The Labute approximate surface area is 141 Å². The van der Waals surface area contributed by atoms with Crippen LogP contribution in [0, 0.1) is 10.1 Å². The van der Waals surface area contributed by atoms with E-state index in [1.54, 1.807) is 13.0 Å². The van der Waals surface area contributed by atoms with Crippen LogP contribution in [0.3, 0.4) is 0 Å². The molecule has 0 aromatic heterocycles. The van der Waals surface area contributed by atoms with Crippen molar-refractivity contribution < 1.29 is 22.8 Å². The Balaban J connectivity index is 2.09. The fourth-order valence-corrected chi connectivity index (χ4v) is 1.95. The van der Waals surface area contributed by atoms with Crippen molar-refractivity contribution in [1.29, 1.82) is 0 Å². The van der Waals surface area contributed by atoms with E-state index in [0.29, 0.717) is 17.9 Å². The molecular formula is C16H14F3N3O3. The molecule has 0 bridgehead atoms. The van der Waals surface area contributed by atoms with Crippen molar-refractivity contribution in [3.63, 3.8) is 0 Å². The predicted octanol–water partition coefficient (Wildman–Crippen LogP) is 4.46. The van der Waals surface area contributed by atoms with E-state index < -0.39 is 16.7 Å². The maximum atomic E-state index is 12.5. The standard InChI is InChI=1S/C16H14F3N3O3/c1-2-25-15-8-3-11(9-14(15)22(23)24)10-20-21-13-6-4-12(5-7-13)16(17,18)19/h3-10,21H,2H2,1H3. The summed E-state index contributed by atoms with van der Waals surface area (Å²) in [7, 11) is 0. The van der Waals surface area contributed by atoms with E-state index in [1.807, 2.05) is 0 Å². The third kappa shape index (κ3) is 4.93. The summed E-state index contributed by atoms with van der Waals surface area (Å²) in [5.74, 6) is 0.153. The van der Waals surface area contributed by atoms with Crippen molar-refractivity contribution in [2.45, 2.75) is 13.1 Å². The minimum Gasteiger partial charge on any atom is -0.487 e. The van der Waals surface area contributed by atoms with Crippen molar-refractivity contribution in [3.05, 3.63) is 63.7 Å². The molecule has 0 aliphatic rings. The molecule has 6 nitrogen and oxygen atoms in total. The number of nitrogens with zero attached hydrogens (tertiary/aromatic N) is 2. The molecule has 2 aromatic carbocycles. The van der Waals surface area contributed by atoms with Gasteiger partial charge in [-0.3, -0.25) is 15.5 Å². The molecule has 0 aliphatic carbocycles. The maximum Gasteiger partial charge on any atom is 0.416 e. The van der Waals surface area contributed by atoms with Crippen LogP contribution in [-0.4, -0.2) is 17.7 Å². The van der Waals surface area contributed by atoms with E-state index in [4.69, 9.17) is 4.74 Å². The van der Waals surface area contributed by atoms with Gasteiger partial charge in [0.2, 0.25) is 0 Å². The first-order valence-corrected chi connectivity index (χ1v) is 7.19. The summed E-state index contributed by atoms with van der Waals surface area (Å²) in [5.41, 5.74) is 2.40. The van der Waals surface area contributed by atoms with E-state index in [2.05, 4.69) is 10.5 Å². The number of hydrogen-bond acceptors (Lipinski definition) is 5. The summed E-state index contributed by atoms with van der Waals surface area (Å²) in [6, 6.07) is 8.67. The Morgan fingerprint density at radius 2 is 1.92 bits per heavy atom. The molecule has 0 unspecified atom stereocenters. The summed E-state index contributed by atoms with van der Waals surface area (Å²) in [6.07, 6.45) is -3.08. The first-order valence-electron chi connectivity index (χ1n) is 7.19. The number of rotatable bonds is 6. The van der Waals surface area contributed by atoms with Crippen LogP contribution in [0.25, 0.3) is 0 Å².